The lowest BCUT2D eigenvalue weighted by molar-refractivity contribution is -0.138. The van der Waals surface area contributed by atoms with Crippen molar-refractivity contribution in [3.05, 3.63) is 12.2 Å². The minimum Gasteiger partial charge on any atom is -0.481 e. The fraction of sp³-hybridized carbons (Fsp3) is 0.286. The second-order valence-corrected chi connectivity index (χ2v) is 2.03. The molecule has 0 atom stereocenters. The highest BCUT2D eigenvalue weighted by Gasteiger charge is 2.01. The van der Waals surface area contributed by atoms with Crippen LogP contribution in [0.3, 0.4) is 0 Å². The van der Waals surface area contributed by atoms with Crippen LogP contribution in [0.2, 0.25) is 0 Å². The van der Waals surface area contributed by atoms with E-state index in [4.69, 9.17) is 10.2 Å². The molecule has 66 valence electrons. The van der Waals surface area contributed by atoms with Gasteiger partial charge in [0, 0.05) is 12.5 Å². The van der Waals surface area contributed by atoms with Gasteiger partial charge in [0.05, 0.1) is 6.42 Å². The lowest BCUT2D eigenvalue weighted by Gasteiger charge is -1.88. The van der Waals surface area contributed by atoms with Crippen LogP contribution < -0.4 is 0 Å². The van der Waals surface area contributed by atoms with Crippen molar-refractivity contribution in [3.63, 3.8) is 0 Å². The summed E-state index contributed by atoms with van der Waals surface area (Å²) in [6.45, 7) is 0. The van der Waals surface area contributed by atoms with Gasteiger partial charge in [-0.1, -0.05) is 0 Å². The Kier molecular flexibility index (Phi) is 4.36. The van der Waals surface area contributed by atoms with Crippen molar-refractivity contribution in [2.75, 3.05) is 0 Å². The number of ketones is 1. The monoisotopic (exact) mass is 172 g/mol. The van der Waals surface area contributed by atoms with Crippen molar-refractivity contribution in [2.24, 2.45) is 0 Å². The summed E-state index contributed by atoms with van der Waals surface area (Å²) < 4.78 is 0. The maximum absolute atomic E-state index is 10.6. The van der Waals surface area contributed by atoms with E-state index < -0.39 is 17.7 Å². The van der Waals surface area contributed by atoms with Gasteiger partial charge >= 0.3 is 11.9 Å². The zero-order valence-corrected chi connectivity index (χ0v) is 6.19. The van der Waals surface area contributed by atoms with Gasteiger partial charge in [0.15, 0.2) is 5.78 Å². The molecule has 0 saturated carbocycles. The first-order chi connectivity index (χ1) is 5.52. The number of hydrogen-bond donors (Lipinski definition) is 2. The smallest absolute Gasteiger partial charge is 0.328 e. The highest BCUT2D eigenvalue weighted by Crippen LogP contribution is 1.92. The maximum atomic E-state index is 10.6. The maximum Gasteiger partial charge on any atom is 0.328 e. The van der Waals surface area contributed by atoms with Crippen LogP contribution in [0, 0.1) is 0 Å². The van der Waals surface area contributed by atoms with Crippen LogP contribution in [0.1, 0.15) is 12.8 Å². The molecule has 0 aromatic carbocycles. The molecule has 0 bridgehead atoms. The van der Waals surface area contributed by atoms with Crippen molar-refractivity contribution in [3.8, 4) is 0 Å². The van der Waals surface area contributed by atoms with Crippen LogP contribution in [0.25, 0.3) is 0 Å². The number of carbonyl (C=O) groups is 3. The topological polar surface area (TPSA) is 91.7 Å². The average molecular weight is 172 g/mol. The van der Waals surface area contributed by atoms with E-state index in [0.717, 1.165) is 6.08 Å². The van der Waals surface area contributed by atoms with Crippen LogP contribution in [-0.2, 0) is 14.4 Å². The molecule has 0 aliphatic rings. The zero-order chi connectivity index (χ0) is 9.56. The quantitative estimate of drug-likeness (QED) is 0.572. The fourth-order valence-corrected chi connectivity index (χ4v) is 0.478. The third kappa shape index (κ3) is 6.47. The Bertz CT molecular complexity index is 228. The minimum atomic E-state index is -1.22. The van der Waals surface area contributed by atoms with E-state index in [-0.39, 0.29) is 12.8 Å². The summed E-state index contributed by atoms with van der Waals surface area (Å²) in [5.41, 5.74) is 0. The van der Waals surface area contributed by atoms with Gasteiger partial charge in [-0.25, -0.2) is 4.79 Å². The second-order valence-electron chi connectivity index (χ2n) is 2.03. The Labute approximate surface area is 68.3 Å². The highest BCUT2D eigenvalue weighted by atomic mass is 16.4. The molecule has 0 aromatic rings. The molecule has 0 unspecified atom stereocenters. The molecule has 2 N–H and O–H groups in total. The first-order valence-corrected chi connectivity index (χ1v) is 3.18. The summed E-state index contributed by atoms with van der Waals surface area (Å²) >= 11 is 0. The predicted molar refractivity (Wildman–Crippen MR) is 38.7 cm³/mol. The summed E-state index contributed by atoms with van der Waals surface area (Å²) in [5.74, 6) is -2.80. The molecular formula is C7H8O5. The van der Waals surface area contributed by atoms with Crippen LogP contribution >= 0.6 is 0 Å². The van der Waals surface area contributed by atoms with E-state index in [0.29, 0.717) is 6.08 Å². The Morgan fingerprint density at radius 1 is 1.00 bits per heavy atom. The Morgan fingerprint density at radius 2 is 1.58 bits per heavy atom. The van der Waals surface area contributed by atoms with Crippen molar-refractivity contribution >= 4 is 17.7 Å². The average Bonchev–Trinajstić information content (AvgIpc) is 1.96. The van der Waals surface area contributed by atoms with E-state index >= 15 is 0 Å². The first kappa shape index (κ1) is 10.3. The van der Waals surface area contributed by atoms with Crippen molar-refractivity contribution in [1.82, 2.24) is 0 Å². The number of carbonyl (C=O) groups excluding carboxylic acids is 1. The lowest BCUT2D eigenvalue weighted by atomic mass is 10.2. The number of carboxylic acid groups (broad SMARTS) is 2. The van der Waals surface area contributed by atoms with Crippen LogP contribution in [0.4, 0.5) is 0 Å². The molecule has 0 aliphatic carbocycles. The standard InChI is InChI=1S/C7H8O5/c8-5(1-3-6(9)10)2-4-7(11)12/h1,3H,2,4H2,(H,9,10)(H,11,12)/b3-1+. The van der Waals surface area contributed by atoms with Gasteiger partial charge in [-0.3, -0.25) is 9.59 Å². The molecule has 0 spiro atoms. The summed E-state index contributed by atoms with van der Waals surface area (Å²) in [5, 5.41) is 16.2. The van der Waals surface area contributed by atoms with Gasteiger partial charge in [-0.2, -0.15) is 0 Å². The molecule has 12 heavy (non-hydrogen) atoms. The van der Waals surface area contributed by atoms with Gasteiger partial charge < -0.3 is 10.2 Å². The molecule has 0 amide bonds. The van der Waals surface area contributed by atoms with E-state index in [1.54, 1.807) is 0 Å². The van der Waals surface area contributed by atoms with E-state index in [9.17, 15) is 14.4 Å². The predicted octanol–water partition coefficient (Wildman–Crippen LogP) is 0.0611. The van der Waals surface area contributed by atoms with Crippen LogP contribution in [0.5, 0.6) is 0 Å². The Hall–Kier alpha value is -1.65. The molecule has 0 saturated heterocycles. The van der Waals surface area contributed by atoms with Crippen molar-refractivity contribution in [1.29, 1.82) is 0 Å². The molecular weight excluding hydrogens is 164 g/mol. The Balaban J connectivity index is 3.75. The Morgan fingerprint density at radius 3 is 2.00 bits per heavy atom. The summed E-state index contributed by atoms with van der Waals surface area (Å²) in [6.07, 6.45) is 1.09. The molecule has 0 heterocycles. The number of carboxylic acids is 2. The number of allylic oxidation sites excluding steroid dienone is 1. The molecule has 0 fully saturated rings. The highest BCUT2D eigenvalue weighted by molar-refractivity contribution is 5.96. The minimum absolute atomic E-state index is 0.168. The molecule has 0 aliphatic heterocycles. The summed E-state index contributed by atoms with van der Waals surface area (Å²) in [6, 6.07) is 0. The van der Waals surface area contributed by atoms with Gasteiger partial charge in [-0.15, -0.1) is 0 Å². The van der Waals surface area contributed by atoms with Crippen LogP contribution in [-0.4, -0.2) is 27.9 Å². The normalized spacial score (nSPS) is 10.0. The molecule has 0 rings (SSSR count). The largest absolute Gasteiger partial charge is 0.481 e. The molecule has 0 radical (unpaired) electrons. The third-order valence-corrected chi connectivity index (χ3v) is 0.997. The molecule has 5 heteroatoms. The number of hydrogen-bond acceptors (Lipinski definition) is 3. The number of aliphatic carboxylic acids is 2. The lowest BCUT2D eigenvalue weighted by Crippen LogP contribution is -2.01. The van der Waals surface area contributed by atoms with Gasteiger partial charge in [0.1, 0.15) is 0 Å². The summed E-state index contributed by atoms with van der Waals surface area (Å²) in [7, 11) is 0. The van der Waals surface area contributed by atoms with E-state index in [1.807, 2.05) is 0 Å². The van der Waals surface area contributed by atoms with Gasteiger partial charge in [0.2, 0.25) is 0 Å². The fourth-order valence-electron chi connectivity index (χ4n) is 0.478. The summed E-state index contributed by atoms with van der Waals surface area (Å²) in [4.78, 5) is 30.5. The third-order valence-electron chi connectivity index (χ3n) is 0.997. The zero-order valence-electron chi connectivity index (χ0n) is 6.19. The number of rotatable bonds is 5. The van der Waals surface area contributed by atoms with Crippen molar-refractivity contribution < 1.29 is 24.6 Å². The SMILES string of the molecule is O=C(O)/C=C/C(=O)CCC(=O)O. The second kappa shape index (κ2) is 5.06. The van der Waals surface area contributed by atoms with Crippen LogP contribution in [0.15, 0.2) is 12.2 Å². The van der Waals surface area contributed by atoms with Gasteiger partial charge in [0.25, 0.3) is 0 Å². The van der Waals surface area contributed by atoms with Gasteiger partial charge in [-0.05, 0) is 6.08 Å². The first-order valence-electron chi connectivity index (χ1n) is 3.18. The van der Waals surface area contributed by atoms with Crippen molar-refractivity contribution in [2.45, 2.75) is 12.8 Å². The molecule has 5 nitrogen and oxygen atoms in total. The molecule has 0 aromatic heterocycles. The van der Waals surface area contributed by atoms with E-state index in [2.05, 4.69) is 0 Å². The van der Waals surface area contributed by atoms with E-state index in [1.165, 1.54) is 0 Å².